The van der Waals surface area contributed by atoms with Gasteiger partial charge in [0.1, 0.15) is 18.2 Å². The van der Waals surface area contributed by atoms with Crippen molar-refractivity contribution < 1.29 is 4.74 Å². The summed E-state index contributed by atoms with van der Waals surface area (Å²) in [5, 5.41) is 0. The molecule has 2 heterocycles. The van der Waals surface area contributed by atoms with Crippen molar-refractivity contribution in [3.63, 3.8) is 0 Å². The Kier molecular flexibility index (Phi) is 5.14. The fourth-order valence-electron chi connectivity index (χ4n) is 2.58. The number of likely N-dealkylation sites (tertiary alicyclic amines) is 1. The summed E-state index contributed by atoms with van der Waals surface area (Å²) in [6, 6.07) is 2.31. The van der Waals surface area contributed by atoms with Gasteiger partial charge in [-0.3, -0.25) is 0 Å². The molecule has 1 aromatic heterocycles. The predicted octanol–water partition coefficient (Wildman–Crippen LogP) is 1.13. The number of rotatable bonds is 5. The number of nitrogen functional groups attached to an aromatic ring is 1. The molecule has 20 heavy (non-hydrogen) atoms. The van der Waals surface area contributed by atoms with E-state index in [1.54, 1.807) is 0 Å². The van der Waals surface area contributed by atoms with E-state index in [9.17, 15) is 0 Å². The first-order valence-corrected chi connectivity index (χ1v) is 7.22. The molecule has 6 heteroatoms. The van der Waals surface area contributed by atoms with Crippen molar-refractivity contribution in [1.29, 1.82) is 0 Å². The molecule has 0 radical (unpaired) electrons. The van der Waals surface area contributed by atoms with E-state index in [0.29, 0.717) is 30.9 Å². The number of nitrogens with two attached hydrogens (primary N) is 1. The van der Waals surface area contributed by atoms with Crippen LogP contribution in [0.1, 0.15) is 25.6 Å². The van der Waals surface area contributed by atoms with Crippen molar-refractivity contribution in [2.45, 2.75) is 32.4 Å². The Morgan fingerprint density at radius 2 is 2.30 bits per heavy atom. The highest BCUT2D eigenvalue weighted by atomic mass is 16.5. The third-order valence-electron chi connectivity index (χ3n) is 3.72. The van der Waals surface area contributed by atoms with Gasteiger partial charge >= 0.3 is 0 Å². The molecule has 2 rings (SSSR count). The Hall–Kier alpha value is -1.40. The lowest BCUT2D eigenvalue weighted by Gasteiger charge is -2.36. The maximum atomic E-state index is 5.88. The molecule has 1 aliphatic heterocycles. The van der Waals surface area contributed by atoms with Crippen LogP contribution in [0.4, 0.5) is 11.6 Å². The van der Waals surface area contributed by atoms with E-state index in [1.807, 2.05) is 13.0 Å². The maximum Gasteiger partial charge on any atom is 0.158 e. The number of likely N-dealkylation sites (N-methyl/N-ethyl adjacent to an activating group) is 2. The molecule has 0 amide bonds. The van der Waals surface area contributed by atoms with E-state index in [1.165, 1.54) is 19.4 Å². The SMILES string of the molecule is CCOCc1nc(N)cc(N(C)C2CCCN(C)C2)n1. The second-order valence-corrected chi connectivity index (χ2v) is 5.37. The number of anilines is 2. The molecule has 2 N–H and O–H groups in total. The zero-order valence-corrected chi connectivity index (χ0v) is 12.7. The number of piperidine rings is 1. The average Bonchev–Trinajstić information content (AvgIpc) is 2.43. The van der Waals surface area contributed by atoms with Crippen LogP contribution in [0.15, 0.2) is 6.07 Å². The van der Waals surface area contributed by atoms with Gasteiger partial charge in [-0.25, -0.2) is 9.97 Å². The monoisotopic (exact) mass is 279 g/mol. The normalized spacial score (nSPS) is 20.1. The quantitative estimate of drug-likeness (QED) is 0.871. The molecule has 0 saturated carbocycles. The summed E-state index contributed by atoms with van der Waals surface area (Å²) in [6.07, 6.45) is 2.41. The molecule has 0 spiro atoms. The van der Waals surface area contributed by atoms with Crippen LogP contribution in [0.5, 0.6) is 0 Å². The minimum Gasteiger partial charge on any atom is -0.384 e. The van der Waals surface area contributed by atoms with E-state index >= 15 is 0 Å². The molecule has 1 atom stereocenters. The lowest BCUT2D eigenvalue weighted by atomic mass is 10.1. The first-order valence-electron chi connectivity index (χ1n) is 7.22. The molecule has 1 saturated heterocycles. The summed E-state index contributed by atoms with van der Waals surface area (Å²) in [6.45, 7) is 5.24. The number of hydrogen-bond donors (Lipinski definition) is 1. The third-order valence-corrected chi connectivity index (χ3v) is 3.72. The zero-order chi connectivity index (χ0) is 14.5. The van der Waals surface area contributed by atoms with E-state index < -0.39 is 0 Å². The molecule has 1 fully saturated rings. The summed E-state index contributed by atoms with van der Waals surface area (Å²) < 4.78 is 5.36. The van der Waals surface area contributed by atoms with Crippen LogP contribution in [0.2, 0.25) is 0 Å². The standard InChI is InChI=1S/C14H25N5O/c1-4-20-10-13-16-12(15)8-14(17-13)19(3)11-6-5-7-18(2)9-11/h8,11H,4-7,9-10H2,1-3H3,(H2,15,16,17). The first kappa shape index (κ1) is 15.0. The largest absolute Gasteiger partial charge is 0.384 e. The molecule has 0 bridgehead atoms. The van der Waals surface area contributed by atoms with Crippen LogP contribution in [-0.2, 0) is 11.3 Å². The number of ether oxygens (including phenoxy) is 1. The lowest BCUT2D eigenvalue weighted by molar-refractivity contribution is 0.128. The number of nitrogens with zero attached hydrogens (tertiary/aromatic N) is 4. The molecular weight excluding hydrogens is 254 g/mol. The fourth-order valence-corrected chi connectivity index (χ4v) is 2.58. The van der Waals surface area contributed by atoms with Crippen molar-refractivity contribution in [2.75, 3.05) is 44.4 Å². The van der Waals surface area contributed by atoms with E-state index in [-0.39, 0.29) is 0 Å². The van der Waals surface area contributed by atoms with Crippen molar-refractivity contribution in [3.05, 3.63) is 11.9 Å². The molecule has 1 aliphatic rings. The minimum atomic E-state index is 0.410. The maximum absolute atomic E-state index is 5.88. The van der Waals surface area contributed by atoms with Gasteiger partial charge in [0.25, 0.3) is 0 Å². The summed E-state index contributed by atoms with van der Waals surface area (Å²) >= 11 is 0. The predicted molar refractivity (Wildman–Crippen MR) is 80.7 cm³/mol. The van der Waals surface area contributed by atoms with Gasteiger partial charge in [0.05, 0.1) is 0 Å². The topological polar surface area (TPSA) is 67.5 Å². The Labute approximate surface area is 120 Å². The van der Waals surface area contributed by atoms with Crippen LogP contribution in [0, 0.1) is 0 Å². The van der Waals surface area contributed by atoms with Gasteiger partial charge in [-0.15, -0.1) is 0 Å². The Morgan fingerprint density at radius 1 is 1.50 bits per heavy atom. The van der Waals surface area contributed by atoms with Gasteiger partial charge in [-0.1, -0.05) is 0 Å². The summed E-state index contributed by atoms with van der Waals surface area (Å²) in [7, 11) is 4.24. The fraction of sp³-hybridized carbons (Fsp3) is 0.714. The van der Waals surface area contributed by atoms with Crippen molar-refractivity contribution in [2.24, 2.45) is 0 Å². The zero-order valence-electron chi connectivity index (χ0n) is 12.7. The Balaban J connectivity index is 2.11. The number of aromatic nitrogens is 2. The first-order chi connectivity index (χ1) is 9.60. The minimum absolute atomic E-state index is 0.410. The van der Waals surface area contributed by atoms with E-state index in [4.69, 9.17) is 10.5 Å². The van der Waals surface area contributed by atoms with Crippen molar-refractivity contribution >= 4 is 11.6 Å². The van der Waals surface area contributed by atoms with E-state index in [0.717, 1.165) is 12.4 Å². The highest BCUT2D eigenvalue weighted by Gasteiger charge is 2.22. The van der Waals surface area contributed by atoms with Gasteiger partial charge in [0.2, 0.25) is 0 Å². The average molecular weight is 279 g/mol. The Bertz CT molecular complexity index is 440. The molecule has 6 nitrogen and oxygen atoms in total. The van der Waals surface area contributed by atoms with Gasteiger partial charge in [-0.2, -0.15) is 0 Å². The molecule has 0 aromatic carbocycles. The molecule has 1 aromatic rings. The summed E-state index contributed by atoms with van der Waals surface area (Å²) in [4.78, 5) is 13.3. The van der Waals surface area contributed by atoms with Gasteiger partial charge in [-0.05, 0) is 33.4 Å². The molecule has 0 aliphatic carbocycles. The third kappa shape index (κ3) is 3.80. The van der Waals surface area contributed by atoms with Crippen LogP contribution < -0.4 is 10.6 Å². The molecular formula is C14H25N5O. The van der Waals surface area contributed by atoms with Crippen LogP contribution in [-0.4, -0.2) is 54.7 Å². The van der Waals surface area contributed by atoms with Gasteiger partial charge < -0.3 is 20.3 Å². The van der Waals surface area contributed by atoms with Crippen LogP contribution >= 0.6 is 0 Å². The van der Waals surface area contributed by atoms with Crippen LogP contribution in [0.3, 0.4) is 0 Å². The van der Waals surface area contributed by atoms with Crippen molar-refractivity contribution in [1.82, 2.24) is 14.9 Å². The smallest absolute Gasteiger partial charge is 0.158 e. The number of hydrogen-bond acceptors (Lipinski definition) is 6. The Morgan fingerprint density at radius 3 is 3.00 bits per heavy atom. The summed E-state index contributed by atoms with van der Waals surface area (Å²) in [5.74, 6) is 2.03. The second kappa shape index (κ2) is 6.85. The second-order valence-electron chi connectivity index (χ2n) is 5.37. The summed E-state index contributed by atoms with van der Waals surface area (Å²) in [5.41, 5.74) is 5.88. The van der Waals surface area contributed by atoms with E-state index in [2.05, 4.69) is 33.9 Å². The molecule has 112 valence electrons. The van der Waals surface area contributed by atoms with Crippen LogP contribution in [0.25, 0.3) is 0 Å². The lowest BCUT2D eigenvalue weighted by Crippen LogP contribution is -2.45. The van der Waals surface area contributed by atoms with Gasteiger partial charge in [0, 0.05) is 32.3 Å². The van der Waals surface area contributed by atoms with Gasteiger partial charge in [0.15, 0.2) is 5.82 Å². The molecule has 1 unspecified atom stereocenters. The van der Waals surface area contributed by atoms with Crippen molar-refractivity contribution in [3.8, 4) is 0 Å². The highest BCUT2D eigenvalue weighted by molar-refractivity contribution is 5.47. The highest BCUT2D eigenvalue weighted by Crippen LogP contribution is 2.20.